The van der Waals surface area contributed by atoms with Crippen molar-refractivity contribution >= 4 is 5.91 Å². The third-order valence-corrected chi connectivity index (χ3v) is 4.10. The van der Waals surface area contributed by atoms with Gasteiger partial charge in [-0.1, -0.05) is 25.7 Å². The van der Waals surface area contributed by atoms with E-state index in [1.807, 2.05) is 0 Å². The average Bonchev–Trinajstić information content (AvgIpc) is 2.66. The first-order chi connectivity index (χ1) is 8.83. The van der Waals surface area contributed by atoms with E-state index in [4.69, 9.17) is 9.84 Å². The zero-order chi connectivity index (χ0) is 12.8. The Morgan fingerprint density at radius 2 is 1.94 bits per heavy atom. The van der Waals surface area contributed by atoms with Gasteiger partial charge in [0.1, 0.15) is 6.10 Å². The van der Waals surface area contributed by atoms with Crippen LogP contribution in [0.3, 0.4) is 0 Å². The lowest BCUT2D eigenvalue weighted by molar-refractivity contribution is -0.157. The number of aliphatic hydroxyl groups excluding tert-OH is 1. The molecule has 1 N–H and O–H groups in total. The number of nitrogens with zero attached hydrogens (tertiary/aromatic N) is 1. The molecule has 0 radical (unpaired) electrons. The van der Waals surface area contributed by atoms with Crippen LogP contribution in [0.5, 0.6) is 0 Å². The molecule has 2 fully saturated rings. The van der Waals surface area contributed by atoms with Gasteiger partial charge in [0.05, 0.1) is 6.61 Å². The number of carbonyl (C=O) groups excluding carboxylic acids is 1. The number of aliphatic hydroxyl groups is 1. The molecule has 4 nitrogen and oxygen atoms in total. The average molecular weight is 255 g/mol. The number of morpholine rings is 1. The van der Waals surface area contributed by atoms with Gasteiger partial charge in [-0.2, -0.15) is 0 Å². The number of carbonyl (C=O) groups is 1. The van der Waals surface area contributed by atoms with E-state index in [2.05, 4.69) is 4.90 Å². The second-order valence-electron chi connectivity index (χ2n) is 5.40. The van der Waals surface area contributed by atoms with Crippen molar-refractivity contribution in [3.05, 3.63) is 0 Å². The number of rotatable bonds is 4. The second kappa shape index (κ2) is 7.10. The van der Waals surface area contributed by atoms with E-state index in [0.29, 0.717) is 25.5 Å². The highest BCUT2D eigenvalue weighted by atomic mass is 16.5. The first kappa shape index (κ1) is 13.8. The quantitative estimate of drug-likeness (QED) is 0.778. The number of amides is 1. The minimum atomic E-state index is -0.311. The Kier molecular flexibility index (Phi) is 5.45. The molecule has 2 aliphatic rings. The smallest absolute Gasteiger partial charge is 0.252 e. The van der Waals surface area contributed by atoms with Crippen LogP contribution >= 0.6 is 0 Å². The van der Waals surface area contributed by atoms with Gasteiger partial charge < -0.3 is 14.7 Å². The Bertz CT molecular complexity index is 262. The van der Waals surface area contributed by atoms with E-state index in [-0.39, 0.29) is 18.6 Å². The van der Waals surface area contributed by atoms with Crippen LogP contribution in [0.2, 0.25) is 0 Å². The Morgan fingerprint density at radius 3 is 2.61 bits per heavy atom. The molecular formula is C14H25NO3. The van der Waals surface area contributed by atoms with Gasteiger partial charge in [-0.25, -0.2) is 0 Å². The molecule has 1 aliphatic heterocycles. The summed E-state index contributed by atoms with van der Waals surface area (Å²) in [5.41, 5.74) is 0. The molecule has 1 saturated heterocycles. The van der Waals surface area contributed by atoms with Crippen LogP contribution in [0.4, 0.5) is 0 Å². The molecule has 1 heterocycles. The van der Waals surface area contributed by atoms with Crippen molar-refractivity contribution in [1.82, 2.24) is 4.90 Å². The third kappa shape index (κ3) is 3.45. The predicted molar refractivity (Wildman–Crippen MR) is 69.3 cm³/mol. The molecule has 4 heteroatoms. The van der Waals surface area contributed by atoms with Crippen molar-refractivity contribution in [3.63, 3.8) is 0 Å². The van der Waals surface area contributed by atoms with Gasteiger partial charge in [-0.3, -0.25) is 4.79 Å². The number of hydrogen-bond donors (Lipinski definition) is 1. The van der Waals surface area contributed by atoms with Crippen molar-refractivity contribution in [3.8, 4) is 0 Å². The van der Waals surface area contributed by atoms with E-state index < -0.39 is 0 Å². The van der Waals surface area contributed by atoms with Gasteiger partial charge in [0.2, 0.25) is 0 Å². The summed E-state index contributed by atoms with van der Waals surface area (Å²) in [7, 11) is 0. The van der Waals surface area contributed by atoms with Crippen molar-refractivity contribution in [2.45, 2.75) is 63.5 Å². The summed E-state index contributed by atoms with van der Waals surface area (Å²) in [6, 6.07) is 0.431. The molecule has 2 rings (SSSR count). The fourth-order valence-corrected chi connectivity index (χ4v) is 3.08. The van der Waals surface area contributed by atoms with Crippen LogP contribution in [0.15, 0.2) is 0 Å². The van der Waals surface area contributed by atoms with Gasteiger partial charge in [-0.05, 0) is 25.7 Å². The molecule has 0 spiro atoms. The highest BCUT2D eigenvalue weighted by molar-refractivity contribution is 5.81. The second-order valence-corrected chi connectivity index (χ2v) is 5.40. The van der Waals surface area contributed by atoms with E-state index >= 15 is 0 Å². The molecular weight excluding hydrogens is 230 g/mol. The van der Waals surface area contributed by atoms with Crippen molar-refractivity contribution < 1.29 is 14.6 Å². The summed E-state index contributed by atoms with van der Waals surface area (Å²) in [5, 5.41) is 8.85. The van der Waals surface area contributed by atoms with Crippen LogP contribution in [-0.4, -0.2) is 47.8 Å². The molecule has 1 atom stereocenters. The van der Waals surface area contributed by atoms with E-state index in [0.717, 1.165) is 19.4 Å². The van der Waals surface area contributed by atoms with Crippen LogP contribution in [0.25, 0.3) is 0 Å². The van der Waals surface area contributed by atoms with Gasteiger partial charge in [0, 0.05) is 19.2 Å². The summed E-state index contributed by atoms with van der Waals surface area (Å²) in [4.78, 5) is 14.4. The first-order valence-corrected chi connectivity index (χ1v) is 7.36. The maximum atomic E-state index is 12.4. The highest BCUT2D eigenvalue weighted by Gasteiger charge is 2.33. The molecule has 0 bridgehead atoms. The molecule has 1 amide bonds. The Balaban J connectivity index is 1.92. The summed E-state index contributed by atoms with van der Waals surface area (Å²) >= 11 is 0. The first-order valence-electron chi connectivity index (χ1n) is 7.36. The Hall–Kier alpha value is -0.610. The monoisotopic (exact) mass is 255 g/mol. The SMILES string of the molecule is O=C1C(CCCO)OCCN1C1CCCCCC1. The lowest BCUT2D eigenvalue weighted by Gasteiger charge is -2.38. The maximum Gasteiger partial charge on any atom is 0.252 e. The normalized spacial score (nSPS) is 27.3. The zero-order valence-corrected chi connectivity index (χ0v) is 11.1. The molecule has 1 unspecified atom stereocenters. The van der Waals surface area contributed by atoms with Gasteiger partial charge in [-0.15, -0.1) is 0 Å². The molecule has 0 aromatic heterocycles. The minimum absolute atomic E-state index is 0.135. The summed E-state index contributed by atoms with van der Waals surface area (Å²) in [5.74, 6) is 0.154. The zero-order valence-electron chi connectivity index (χ0n) is 11.1. The number of ether oxygens (including phenoxy) is 1. The fraction of sp³-hybridized carbons (Fsp3) is 0.929. The van der Waals surface area contributed by atoms with Crippen LogP contribution in [-0.2, 0) is 9.53 Å². The van der Waals surface area contributed by atoms with Gasteiger partial charge in [0.15, 0.2) is 0 Å². The van der Waals surface area contributed by atoms with Crippen molar-refractivity contribution in [2.24, 2.45) is 0 Å². The van der Waals surface area contributed by atoms with E-state index in [9.17, 15) is 4.79 Å². The maximum absolute atomic E-state index is 12.4. The number of hydrogen-bond acceptors (Lipinski definition) is 3. The fourth-order valence-electron chi connectivity index (χ4n) is 3.08. The van der Waals surface area contributed by atoms with Crippen molar-refractivity contribution in [1.29, 1.82) is 0 Å². The topological polar surface area (TPSA) is 49.8 Å². The van der Waals surface area contributed by atoms with Gasteiger partial charge >= 0.3 is 0 Å². The molecule has 18 heavy (non-hydrogen) atoms. The summed E-state index contributed by atoms with van der Waals surface area (Å²) in [6.45, 7) is 1.54. The van der Waals surface area contributed by atoms with E-state index in [1.165, 1.54) is 25.7 Å². The highest BCUT2D eigenvalue weighted by Crippen LogP contribution is 2.25. The third-order valence-electron chi connectivity index (χ3n) is 4.10. The Labute approximate surface area is 109 Å². The lowest BCUT2D eigenvalue weighted by atomic mass is 10.0. The molecule has 0 aromatic rings. The van der Waals surface area contributed by atoms with Crippen molar-refractivity contribution in [2.75, 3.05) is 19.8 Å². The standard InChI is InChI=1S/C14H25NO3/c16-10-5-8-13-14(17)15(9-11-18-13)12-6-3-1-2-4-7-12/h12-13,16H,1-11H2. The molecule has 0 aromatic carbocycles. The summed E-state index contributed by atoms with van der Waals surface area (Å²) in [6.07, 6.45) is 8.40. The molecule has 1 aliphatic carbocycles. The predicted octanol–water partition coefficient (Wildman–Crippen LogP) is 1.71. The van der Waals surface area contributed by atoms with Crippen LogP contribution < -0.4 is 0 Å². The molecule has 1 saturated carbocycles. The molecule has 104 valence electrons. The lowest BCUT2D eigenvalue weighted by Crippen LogP contribution is -2.52. The Morgan fingerprint density at radius 1 is 1.22 bits per heavy atom. The van der Waals surface area contributed by atoms with Crippen LogP contribution in [0, 0.1) is 0 Å². The van der Waals surface area contributed by atoms with Crippen LogP contribution in [0.1, 0.15) is 51.4 Å². The van der Waals surface area contributed by atoms with E-state index in [1.54, 1.807) is 0 Å². The minimum Gasteiger partial charge on any atom is -0.396 e. The largest absolute Gasteiger partial charge is 0.396 e. The van der Waals surface area contributed by atoms with Gasteiger partial charge in [0.25, 0.3) is 5.91 Å². The summed E-state index contributed by atoms with van der Waals surface area (Å²) < 4.78 is 5.54.